The Balaban J connectivity index is 1.56. The van der Waals surface area contributed by atoms with Crippen molar-refractivity contribution in [2.24, 2.45) is 46.3 Å². The summed E-state index contributed by atoms with van der Waals surface area (Å²) in [6.45, 7) is 10.2. The minimum absolute atomic E-state index is 0.0326. The zero-order chi connectivity index (χ0) is 22.2. The van der Waals surface area contributed by atoms with Gasteiger partial charge < -0.3 is 4.74 Å². The Morgan fingerprint density at radius 3 is 2.58 bits per heavy atom. The van der Waals surface area contributed by atoms with Crippen LogP contribution in [-0.2, 0) is 9.53 Å². The number of carbonyl (C=O) groups excluding carboxylic acids is 1. The fraction of sp³-hybridized carbons (Fsp3) is 0.964. The molecule has 9 atom stereocenters. The summed E-state index contributed by atoms with van der Waals surface area (Å²) in [5, 5.41) is 0.898. The molecule has 31 heavy (non-hydrogen) atoms. The molecule has 2 nitrogen and oxygen atoms in total. The number of rotatable bonds is 7. The number of hydrogen-bond donors (Lipinski definition) is 0. The van der Waals surface area contributed by atoms with Gasteiger partial charge in [-0.1, -0.05) is 40.5 Å². The molecule has 0 heterocycles. The molecule has 9 unspecified atom stereocenters. The predicted octanol–water partition coefficient (Wildman–Crippen LogP) is 7.75. The third-order valence-electron chi connectivity index (χ3n) is 10.9. The first-order valence-electron chi connectivity index (χ1n) is 13.5. The molecule has 0 saturated heterocycles. The van der Waals surface area contributed by atoms with Gasteiger partial charge in [-0.05, 0) is 110 Å². The molecule has 3 heteroatoms. The van der Waals surface area contributed by atoms with E-state index in [9.17, 15) is 4.79 Å². The SMILES string of the molecule is CCCSC1CC2CCCCC2(C)C2CCC3(C)C(C(C)CCC(=O)OC)CCC3C12. The lowest BCUT2D eigenvalue weighted by Gasteiger charge is -2.63. The number of hydrogen-bond acceptors (Lipinski definition) is 3. The Hall–Kier alpha value is -0.180. The first-order chi connectivity index (χ1) is 14.8. The standard InChI is InChI=1S/C28H48O2S/c1-6-17-31-24-18-20-9-7-8-15-27(20,3)23-14-16-28(4)21(11-12-22(28)26(23)24)19(2)10-13-25(29)30-5/h19-24,26H,6-18H2,1-5H3. The Morgan fingerprint density at radius 1 is 1.06 bits per heavy atom. The van der Waals surface area contributed by atoms with Crippen LogP contribution in [0.4, 0.5) is 0 Å². The molecule has 4 fully saturated rings. The Kier molecular flexibility index (Phi) is 7.41. The van der Waals surface area contributed by atoms with Gasteiger partial charge in [-0.15, -0.1) is 0 Å². The predicted molar refractivity (Wildman–Crippen MR) is 132 cm³/mol. The molecular formula is C28H48O2S. The van der Waals surface area contributed by atoms with E-state index in [-0.39, 0.29) is 5.97 Å². The van der Waals surface area contributed by atoms with Gasteiger partial charge in [0.15, 0.2) is 0 Å². The van der Waals surface area contributed by atoms with E-state index in [1.807, 2.05) is 0 Å². The molecule has 4 aliphatic rings. The van der Waals surface area contributed by atoms with E-state index in [0.29, 0.717) is 23.2 Å². The van der Waals surface area contributed by atoms with Gasteiger partial charge in [0.05, 0.1) is 7.11 Å². The van der Waals surface area contributed by atoms with Crippen LogP contribution in [0, 0.1) is 46.3 Å². The number of ether oxygens (including phenoxy) is 1. The van der Waals surface area contributed by atoms with Crippen LogP contribution in [0.25, 0.3) is 0 Å². The minimum atomic E-state index is -0.0326. The van der Waals surface area contributed by atoms with E-state index >= 15 is 0 Å². The van der Waals surface area contributed by atoms with Gasteiger partial charge in [-0.2, -0.15) is 11.8 Å². The van der Waals surface area contributed by atoms with Crippen molar-refractivity contribution < 1.29 is 9.53 Å². The number of methoxy groups -OCH3 is 1. The molecule has 0 radical (unpaired) electrons. The summed E-state index contributed by atoms with van der Waals surface area (Å²) in [5.74, 6) is 6.53. The molecule has 4 saturated carbocycles. The van der Waals surface area contributed by atoms with Crippen molar-refractivity contribution in [1.29, 1.82) is 0 Å². The second kappa shape index (κ2) is 9.59. The Bertz CT molecular complexity index is 635. The maximum Gasteiger partial charge on any atom is 0.305 e. The molecule has 4 rings (SSSR count). The third-order valence-corrected chi connectivity index (χ3v) is 12.5. The highest BCUT2D eigenvalue weighted by molar-refractivity contribution is 7.99. The van der Waals surface area contributed by atoms with E-state index in [0.717, 1.165) is 41.3 Å². The summed E-state index contributed by atoms with van der Waals surface area (Å²) >= 11 is 2.35. The number of carbonyl (C=O) groups is 1. The number of thioether (sulfide) groups is 1. The molecule has 4 aliphatic carbocycles. The van der Waals surface area contributed by atoms with E-state index in [1.54, 1.807) is 0 Å². The van der Waals surface area contributed by atoms with Crippen LogP contribution in [0.5, 0.6) is 0 Å². The van der Waals surface area contributed by atoms with Gasteiger partial charge in [0.2, 0.25) is 0 Å². The molecule has 0 aromatic rings. The van der Waals surface area contributed by atoms with E-state index in [2.05, 4.69) is 39.5 Å². The van der Waals surface area contributed by atoms with E-state index in [1.165, 1.54) is 77.1 Å². The molecule has 0 aromatic carbocycles. The zero-order valence-corrected chi connectivity index (χ0v) is 21.8. The lowest BCUT2D eigenvalue weighted by molar-refractivity contribution is -0.141. The van der Waals surface area contributed by atoms with Gasteiger partial charge in [0, 0.05) is 11.7 Å². The van der Waals surface area contributed by atoms with Crippen LogP contribution in [-0.4, -0.2) is 24.1 Å². The summed E-state index contributed by atoms with van der Waals surface area (Å²) < 4.78 is 4.94. The monoisotopic (exact) mass is 448 g/mol. The maximum atomic E-state index is 11.8. The third kappa shape index (κ3) is 4.24. The maximum absolute atomic E-state index is 11.8. The molecule has 0 aliphatic heterocycles. The molecule has 0 N–H and O–H groups in total. The second-order valence-corrected chi connectivity index (χ2v) is 13.6. The van der Waals surface area contributed by atoms with Gasteiger partial charge >= 0.3 is 5.97 Å². The summed E-state index contributed by atoms with van der Waals surface area (Å²) in [4.78, 5) is 11.8. The summed E-state index contributed by atoms with van der Waals surface area (Å²) in [5.41, 5.74) is 1.10. The largest absolute Gasteiger partial charge is 0.469 e. The van der Waals surface area contributed by atoms with E-state index in [4.69, 9.17) is 4.74 Å². The molecule has 0 aromatic heterocycles. The number of fused-ring (bicyclic) bond motifs is 5. The van der Waals surface area contributed by atoms with Crippen molar-refractivity contribution in [1.82, 2.24) is 0 Å². The normalized spacial score (nSPS) is 45.3. The van der Waals surface area contributed by atoms with Crippen molar-refractivity contribution in [3.63, 3.8) is 0 Å². The fourth-order valence-electron chi connectivity index (χ4n) is 9.30. The fourth-order valence-corrected chi connectivity index (χ4v) is 10.8. The second-order valence-electron chi connectivity index (χ2n) is 12.2. The van der Waals surface area contributed by atoms with E-state index < -0.39 is 0 Å². The van der Waals surface area contributed by atoms with Gasteiger partial charge in [0.25, 0.3) is 0 Å². The minimum Gasteiger partial charge on any atom is -0.469 e. The number of esters is 1. The molecular weight excluding hydrogens is 400 g/mol. The quantitative estimate of drug-likeness (QED) is 0.372. The van der Waals surface area contributed by atoms with Gasteiger partial charge in [-0.3, -0.25) is 4.79 Å². The van der Waals surface area contributed by atoms with Crippen molar-refractivity contribution in [2.45, 2.75) is 110 Å². The highest BCUT2D eigenvalue weighted by atomic mass is 32.2. The molecule has 0 amide bonds. The van der Waals surface area contributed by atoms with Crippen LogP contribution < -0.4 is 0 Å². The van der Waals surface area contributed by atoms with Crippen molar-refractivity contribution in [2.75, 3.05) is 12.9 Å². The van der Waals surface area contributed by atoms with Gasteiger partial charge in [0.1, 0.15) is 0 Å². The first-order valence-corrected chi connectivity index (χ1v) is 14.6. The van der Waals surface area contributed by atoms with Crippen molar-refractivity contribution >= 4 is 17.7 Å². The summed E-state index contributed by atoms with van der Waals surface area (Å²) in [7, 11) is 1.53. The topological polar surface area (TPSA) is 26.3 Å². The highest BCUT2D eigenvalue weighted by Crippen LogP contribution is 2.69. The Morgan fingerprint density at radius 2 is 1.84 bits per heavy atom. The summed E-state index contributed by atoms with van der Waals surface area (Å²) in [6, 6.07) is 0. The lowest BCUT2D eigenvalue weighted by Crippen LogP contribution is -2.57. The van der Waals surface area contributed by atoms with Crippen LogP contribution in [0.15, 0.2) is 0 Å². The molecule has 178 valence electrons. The average molecular weight is 449 g/mol. The average Bonchev–Trinajstić information content (AvgIpc) is 3.12. The van der Waals surface area contributed by atoms with Gasteiger partial charge in [-0.25, -0.2) is 0 Å². The molecule has 0 spiro atoms. The van der Waals surface area contributed by atoms with Crippen LogP contribution >= 0.6 is 11.8 Å². The van der Waals surface area contributed by atoms with Crippen molar-refractivity contribution in [3.05, 3.63) is 0 Å². The molecule has 0 bridgehead atoms. The van der Waals surface area contributed by atoms with Crippen LogP contribution in [0.2, 0.25) is 0 Å². The Labute approximate surface area is 196 Å². The highest BCUT2D eigenvalue weighted by Gasteiger charge is 2.62. The summed E-state index contributed by atoms with van der Waals surface area (Å²) in [6.07, 6.45) is 16.1. The first kappa shape index (κ1) is 24.0. The smallest absolute Gasteiger partial charge is 0.305 e. The van der Waals surface area contributed by atoms with Crippen LogP contribution in [0.1, 0.15) is 105 Å². The van der Waals surface area contributed by atoms with Crippen LogP contribution in [0.3, 0.4) is 0 Å². The zero-order valence-electron chi connectivity index (χ0n) is 21.0. The lowest BCUT2D eigenvalue weighted by atomic mass is 9.44. The van der Waals surface area contributed by atoms with Crippen molar-refractivity contribution in [3.8, 4) is 0 Å².